The van der Waals surface area contributed by atoms with E-state index in [4.69, 9.17) is 10.7 Å². The van der Waals surface area contributed by atoms with Gasteiger partial charge in [0.25, 0.3) is 0 Å². The largest absolute Gasteiger partial charge is 0.383 e. The van der Waals surface area contributed by atoms with E-state index < -0.39 is 0 Å². The van der Waals surface area contributed by atoms with Crippen molar-refractivity contribution in [3.63, 3.8) is 0 Å². The lowest BCUT2D eigenvalue weighted by Gasteiger charge is -2.33. The molecule has 5 rings (SSSR count). The van der Waals surface area contributed by atoms with Gasteiger partial charge in [0.1, 0.15) is 17.2 Å². The standard InChI is InChI=1S/C26H27N9O/c1-3-22(36)30-18-6-4-5-17(15-18)23-24-20(9-10-28-23)25(27)33-26(32-24)31-19-7-8-21(29-16-19)35-13-11-34(2)12-14-35/h3-10,15-16H,1,11-14H2,2H3,(H,30,36)(H3,27,31,32,33). The molecule has 0 bridgehead atoms. The molecular formula is C26H27N9O. The van der Waals surface area contributed by atoms with Crippen molar-refractivity contribution in [2.45, 2.75) is 0 Å². The van der Waals surface area contributed by atoms with E-state index in [0.717, 1.165) is 43.2 Å². The van der Waals surface area contributed by atoms with E-state index in [1.807, 2.05) is 30.3 Å². The molecule has 0 atom stereocenters. The zero-order valence-corrected chi connectivity index (χ0v) is 20.0. The van der Waals surface area contributed by atoms with Crippen molar-refractivity contribution < 1.29 is 4.79 Å². The lowest BCUT2D eigenvalue weighted by molar-refractivity contribution is -0.111. The van der Waals surface area contributed by atoms with Crippen LogP contribution in [-0.4, -0.2) is 64.0 Å². The first kappa shape index (κ1) is 23.2. The van der Waals surface area contributed by atoms with Crippen LogP contribution in [0.1, 0.15) is 0 Å². The van der Waals surface area contributed by atoms with Gasteiger partial charge < -0.3 is 26.2 Å². The van der Waals surface area contributed by atoms with Gasteiger partial charge in [-0.3, -0.25) is 9.78 Å². The number of pyridine rings is 2. The van der Waals surface area contributed by atoms with Gasteiger partial charge in [0.05, 0.1) is 17.6 Å². The second kappa shape index (κ2) is 9.96. The quantitative estimate of drug-likeness (QED) is 0.356. The van der Waals surface area contributed by atoms with Crippen LogP contribution in [0.15, 0.2) is 67.5 Å². The number of fused-ring (bicyclic) bond motifs is 1. The topological polar surface area (TPSA) is 125 Å². The van der Waals surface area contributed by atoms with E-state index in [9.17, 15) is 4.79 Å². The fourth-order valence-corrected chi connectivity index (χ4v) is 4.10. The molecule has 4 heterocycles. The minimum Gasteiger partial charge on any atom is -0.383 e. The molecule has 1 saturated heterocycles. The number of aromatic nitrogens is 4. The molecule has 1 aliphatic rings. The molecule has 4 aromatic rings. The molecule has 1 aliphatic heterocycles. The summed E-state index contributed by atoms with van der Waals surface area (Å²) >= 11 is 0. The van der Waals surface area contributed by atoms with Gasteiger partial charge in [0.2, 0.25) is 11.9 Å². The monoisotopic (exact) mass is 481 g/mol. The molecular weight excluding hydrogens is 454 g/mol. The maximum atomic E-state index is 11.7. The number of nitrogen functional groups attached to an aromatic ring is 1. The van der Waals surface area contributed by atoms with Crippen LogP contribution in [0.5, 0.6) is 0 Å². The maximum absolute atomic E-state index is 11.7. The molecule has 10 heteroatoms. The summed E-state index contributed by atoms with van der Waals surface area (Å²) in [5.74, 6) is 1.34. The summed E-state index contributed by atoms with van der Waals surface area (Å²) in [5, 5.41) is 6.67. The van der Waals surface area contributed by atoms with Crippen molar-refractivity contribution >= 4 is 45.8 Å². The lowest BCUT2D eigenvalue weighted by atomic mass is 10.1. The van der Waals surface area contributed by atoms with Crippen molar-refractivity contribution in [1.82, 2.24) is 24.8 Å². The SMILES string of the molecule is C=CC(=O)Nc1cccc(-c2nccc3c(N)nc(Nc4ccc(N5CCN(C)CC5)nc4)nc23)c1. The third-order valence-corrected chi connectivity index (χ3v) is 6.06. The third kappa shape index (κ3) is 4.93. The highest BCUT2D eigenvalue weighted by atomic mass is 16.1. The van der Waals surface area contributed by atoms with Gasteiger partial charge in [-0.25, -0.2) is 9.97 Å². The Morgan fingerprint density at radius 3 is 2.64 bits per heavy atom. The number of hydrogen-bond donors (Lipinski definition) is 3. The first-order valence-corrected chi connectivity index (χ1v) is 11.6. The Hall–Kier alpha value is -4.57. The van der Waals surface area contributed by atoms with E-state index >= 15 is 0 Å². The molecule has 0 saturated carbocycles. The molecule has 182 valence electrons. The van der Waals surface area contributed by atoms with Crippen molar-refractivity contribution in [1.29, 1.82) is 0 Å². The highest BCUT2D eigenvalue weighted by Crippen LogP contribution is 2.30. The molecule has 3 aromatic heterocycles. The van der Waals surface area contributed by atoms with E-state index in [2.05, 4.69) is 49.0 Å². The van der Waals surface area contributed by atoms with Crippen molar-refractivity contribution in [3.8, 4) is 11.3 Å². The highest BCUT2D eigenvalue weighted by molar-refractivity contribution is 6.00. The number of anilines is 5. The van der Waals surface area contributed by atoms with Crippen LogP contribution in [-0.2, 0) is 4.79 Å². The Morgan fingerprint density at radius 2 is 1.89 bits per heavy atom. The zero-order chi connectivity index (χ0) is 25.1. The number of rotatable bonds is 6. The average Bonchev–Trinajstić information content (AvgIpc) is 2.89. The van der Waals surface area contributed by atoms with Crippen molar-refractivity contribution in [2.75, 3.05) is 54.5 Å². The van der Waals surface area contributed by atoms with Gasteiger partial charge in [0, 0.05) is 49.0 Å². The average molecular weight is 482 g/mol. The zero-order valence-electron chi connectivity index (χ0n) is 20.0. The van der Waals surface area contributed by atoms with Gasteiger partial charge in [-0.05, 0) is 43.5 Å². The summed E-state index contributed by atoms with van der Waals surface area (Å²) in [7, 11) is 2.13. The number of amides is 1. The smallest absolute Gasteiger partial charge is 0.247 e. The Morgan fingerprint density at radius 1 is 1.06 bits per heavy atom. The molecule has 36 heavy (non-hydrogen) atoms. The number of likely N-dealkylation sites (N-methyl/N-ethyl adjacent to an activating group) is 1. The molecule has 10 nitrogen and oxygen atoms in total. The Bertz CT molecular complexity index is 1410. The number of carbonyl (C=O) groups is 1. The number of hydrogen-bond acceptors (Lipinski definition) is 9. The number of carbonyl (C=O) groups excluding carboxylic acids is 1. The molecule has 0 radical (unpaired) electrons. The van der Waals surface area contributed by atoms with Crippen LogP contribution in [0, 0.1) is 0 Å². The number of nitrogens with two attached hydrogens (primary N) is 1. The van der Waals surface area contributed by atoms with Gasteiger partial charge >= 0.3 is 0 Å². The first-order chi connectivity index (χ1) is 17.5. The number of nitrogens with zero attached hydrogens (tertiary/aromatic N) is 6. The predicted octanol–water partition coefficient (Wildman–Crippen LogP) is 3.29. The predicted molar refractivity (Wildman–Crippen MR) is 143 cm³/mol. The second-order valence-corrected chi connectivity index (χ2v) is 8.58. The number of benzene rings is 1. The lowest BCUT2D eigenvalue weighted by Crippen LogP contribution is -2.44. The van der Waals surface area contributed by atoms with Crippen molar-refractivity contribution in [3.05, 3.63) is 67.5 Å². The highest BCUT2D eigenvalue weighted by Gasteiger charge is 2.16. The molecule has 4 N–H and O–H groups in total. The fourth-order valence-electron chi connectivity index (χ4n) is 4.10. The first-order valence-electron chi connectivity index (χ1n) is 11.6. The van der Waals surface area contributed by atoms with Gasteiger partial charge in [-0.1, -0.05) is 18.7 Å². The van der Waals surface area contributed by atoms with E-state index in [1.165, 1.54) is 6.08 Å². The van der Waals surface area contributed by atoms with Gasteiger partial charge in [0.15, 0.2) is 0 Å². The molecule has 0 aliphatic carbocycles. The Balaban J connectivity index is 1.43. The Kier molecular flexibility index (Phi) is 6.42. The molecule has 1 fully saturated rings. The molecule has 1 amide bonds. The molecule has 0 unspecified atom stereocenters. The van der Waals surface area contributed by atoms with Crippen LogP contribution in [0.25, 0.3) is 22.2 Å². The van der Waals surface area contributed by atoms with Crippen LogP contribution in [0.4, 0.5) is 29.0 Å². The van der Waals surface area contributed by atoms with E-state index in [1.54, 1.807) is 24.5 Å². The number of nitrogens with one attached hydrogen (secondary N) is 2. The van der Waals surface area contributed by atoms with Crippen molar-refractivity contribution in [2.24, 2.45) is 0 Å². The van der Waals surface area contributed by atoms with E-state index in [0.29, 0.717) is 34.1 Å². The van der Waals surface area contributed by atoms with Crippen LogP contribution in [0.2, 0.25) is 0 Å². The minimum absolute atomic E-state index is 0.289. The van der Waals surface area contributed by atoms with E-state index in [-0.39, 0.29) is 5.91 Å². The molecule has 1 aromatic carbocycles. The fraction of sp³-hybridized carbons (Fsp3) is 0.192. The maximum Gasteiger partial charge on any atom is 0.247 e. The summed E-state index contributed by atoms with van der Waals surface area (Å²) in [5.41, 5.74) is 9.68. The van der Waals surface area contributed by atoms with Gasteiger partial charge in [-0.15, -0.1) is 0 Å². The second-order valence-electron chi connectivity index (χ2n) is 8.58. The van der Waals surface area contributed by atoms with Crippen LogP contribution in [0.3, 0.4) is 0 Å². The Labute approximate surface area is 208 Å². The summed E-state index contributed by atoms with van der Waals surface area (Å²) < 4.78 is 0. The summed E-state index contributed by atoms with van der Waals surface area (Å²) in [6.45, 7) is 7.44. The normalized spacial score (nSPS) is 14.0. The molecule has 0 spiro atoms. The van der Waals surface area contributed by atoms with Crippen LogP contribution >= 0.6 is 0 Å². The van der Waals surface area contributed by atoms with Gasteiger partial charge in [-0.2, -0.15) is 4.98 Å². The summed E-state index contributed by atoms with van der Waals surface area (Å²) in [4.78, 5) is 34.6. The summed E-state index contributed by atoms with van der Waals surface area (Å²) in [6.07, 6.45) is 4.66. The third-order valence-electron chi connectivity index (χ3n) is 6.06. The summed E-state index contributed by atoms with van der Waals surface area (Å²) in [6, 6.07) is 13.1. The minimum atomic E-state index is -0.289. The van der Waals surface area contributed by atoms with Crippen LogP contribution < -0.4 is 21.3 Å². The number of piperazine rings is 1.